The average molecular weight is 387 g/mol. The van der Waals surface area contributed by atoms with Crippen LogP contribution < -0.4 is 15.5 Å². The summed E-state index contributed by atoms with van der Waals surface area (Å²) in [6.07, 6.45) is 0. The number of carbonyl (C=O) groups is 2. The van der Waals surface area contributed by atoms with E-state index in [4.69, 9.17) is 9.94 Å². The first kappa shape index (κ1) is 19.6. The zero-order valence-electron chi connectivity index (χ0n) is 15.8. The number of nitrogens with one attached hydrogen (secondary N) is 2. The maximum atomic E-state index is 13.0. The number of nitrogens with zero attached hydrogens (tertiary/aromatic N) is 1. The molecule has 148 valence electrons. The Labute approximate surface area is 162 Å². The monoisotopic (exact) mass is 387 g/mol. The SMILES string of the molecule is CC1(C)N(Cc2ccc(Oc3ccc(F)cc3)cc2)C(=O)N[C@@]1(C)C(=O)NO. The predicted octanol–water partition coefficient (Wildman–Crippen LogP) is 3.19. The van der Waals surface area contributed by atoms with E-state index in [0.29, 0.717) is 11.5 Å². The molecule has 1 aliphatic rings. The van der Waals surface area contributed by atoms with Crippen LogP contribution in [0.2, 0.25) is 0 Å². The number of benzene rings is 2. The Balaban J connectivity index is 1.74. The van der Waals surface area contributed by atoms with E-state index in [1.807, 2.05) is 12.1 Å². The predicted molar refractivity (Wildman–Crippen MR) is 99.4 cm³/mol. The van der Waals surface area contributed by atoms with Gasteiger partial charge < -0.3 is 15.0 Å². The summed E-state index contributed by atoms with van der Waals surface area (Å²) in [5.74, 6) is 0.0671. The van der Waals surface area contributed by atoms with Crippen LogP contribution in [0, 0.1) is 5.82 Å². The molecule has 3 N–H and O–H groups in total. The van der Waals surface area contributed by atoms with Crippen molar-refractivity contribution < 1.29 is 23.9 Å². The van der Waals surface area contributed by atoms with Gasteiger partial charge >= 0.3 is 6.03 Å². The quantitative estimate of drug-likeness (QED) is 0.543. The summed E-state index contributed by atoms with van der Waals surface area (Å²) in [6, 6.07) is 12.4. The molecule has 3 amide bonds. The first-order valence-corrected chi connectivity index (χ1v) is 8.74. The number of amides is 3. The van der Waals surface area contributed by atoms with Crippen molar-refractivity contribution in [2.75, 3.05) is 0 Å². The minimum Gasteiger partial charge on any atom is -0.457 e. The van der Waals surface area contributed by atoms with Crippen molar-refractivity contribution in [1.82, 2.24) is 15.7 Å². The molecule has 0 aliphatic carbocycles. The fraction of sp³-hybridized carbons (Fsp3) is 0.300. The van der Waals surface area contributed by atoms with Crippen LogP contribution in [-0.4, -0.2) is 33.1 Å². The standard InChI is InChI=1S/C20H22FN3O4/c1-19(2)20(3,17(25)23-27)22-18(26)24(19)12-13-4-8-15(9-5-13)28-16-10-6-14(21)7-11-16/h4-11,27H,12H2,1-3H3,(H,22,26)(H,23,25)/t20-/m0/s1. The van der Waals surface area contributed by atoms with E-state index < -0.39 is 23.0 Å². The van der Waals surface area contributed by atoms with Crippen LogP contribution in [0.4, 0.5) is 9.18 Å². The summed E-state index contributed by atoms with van der Waals surface area (Å²) in [6.45, 7) is 5.35. The zero-order chi connectivity index (χ0) is 20.5. The fourth-order valence-electron chi connectivity index (χ4n) is 3.16. The van der Waals surface area contributed by atoms with Crippen molar-refractivity contribution in [2.45, 2.75) is 38.4 Å². The van der Waals surface area contributed by atoms with Gasteiger partial charge in [-0.3, -0.25) is 10.0 Å². The van der Waals surface area contributed by atoms with Crippen molar-refractivity contribution in [3.05, 3.63) is 59.9 Å². The van der Waals surface area contributed by atoms with Gasteiger partial charge in [-0.25, -0.2) is 14.7 Å². The second kappa shape index (κ2) is 7.12. The smallest absolute Gasteiger partial charge is 0.319 e. The van der Waals surface area contributed by atoms with Gasteiger partial charge in [-0.05, 0) is 62.7 Å². The number of rotatable bonds is 5. The second-order valence-corrected chi connectivity index (χ2v) is 7.34. The lowest BCUT2D eigenvalue weighted by molar-refractivity contribution is -0.138. The average Bonchev–Trinajstić information content (AvgIpc) is 2.84. The number of carbonyl (C=O) groups excluding carboxylic acids is 2. The minimum atomic E-state index is -1.29. The number of hydrogen-bond acceptors (Lipinski definition) is 4. The molecule has 0 spiro atoms. The maximum absolute atomic E-state index is 13.0. The Kier molecular flexibility index (Phi) is 4.99. The lowest BCUT2D eigenvalue weighted by atomic mass is 9.81. The maximum Gasteiger partial charge on any atom is 0.319 e. The molecular formula is C20H22FN3O4. The molecule has 0 saturated carbocycles. The Hall–Kier alpha value is -3.13. The molecule has 2 aromatic carbocycles. The van der Waals surface area contributed by atoms with Gasteiger partial charge in [-0.2, -0.15) is 0 Å². The van der Waals surface area contributed by atoms with Gasteiger partial charge in [0, 0.05) is 6.54 Å². The first-order chi connectivity index (χ1) is 13.2. The van der Waals surface area contributed by atoms with Crippen molar-refractivity contribution in [1.29, 1.82) is 0 Å². The topological polar surface area (TPSA) is 90.9 Å². The van der Waals surface area contributed by atoms with Gasteiger partial charge in [-0.15, -0.1) is 0 Å². The van der Waals surface area contributed by atoms with Gasteiger partial charge in [0.15, 0.2) is 0 Å². The van der Waals surface area contributed by atoms with Crippen LogP contribution in [0.15, 0.2) is 48.5 Å². The summed E-state index contributed by atoms with van der Waals surface area (Å²) >= 11 is 0. The van der Waals surface area contributed by atoms with E-state index in [0.717, 1.165) is 5.56 Å². The summed E-state index contributed by atoms with van der Waals surface area (Å²) in [5, 5.41) is 11.7. The van der Waals surface area contributed by atoms with E-state index in [9.17, 15) is 14.0 Å². The lowest BCUT2D eigenvalue weighted by Gasteiger charge is -2.39. The molecule has 0 bridgehead atoms. The molecular weight excluding hydrogens is 365 g/mol. The van der Waals surface area contributed by atoms with E-state index in [-0.39, 0.29) is 12.4 Å². The van der Waals surface area contributed by atoms with E-state index in [2.05, 4.69) is 5.32 Å². The Bertz CT molecular complexity index is 883. The van der Waals surface area contributed by atoms with Crippen molar-refractivity contribution >= 4 is 11.9 Å². The van der Waals surface area contributed by atoms with E-state index in [1.165, 1.54) is 29.2 Å². The minimum absolute atomic E-state index is 0.268. The largest absolute Gasteiger partial charge is 0.457 e. The van der Waals surface area contributed by atoms with Gasteiger partial charge in [0.05, 0.1) is 5.54 Å². The van der Waals surface area contributed by atoms with Gasteiger partial charge in [0.1, 0.15) is 22.9 Å². The van der Waals surface area contributed by atoms with Crippen LogP contribution in [0.3, 0.4) is 0 Å². The zero-order valence-corrected chi connectivity index (χ0v) is 15.8. The van der Waals surface area contributed by atoms with Crippen LogP contribution in [0.25, 0.3) is 0 Å². The highest BCUT2D eigenvalue weighted by molar-refractivity contribution is 5.95. The summed E-state index contributed by atoms with van der Waals surface area (Å²) in [7, 11) is 0. The summed E-state index contributed by atoms with van der Waals surface area (Å²) in [5.41, 5.74) is 0.282. The molecule has 1 saturated heterocycles. The number of halogens is 1. The first-order valence-electron chi connectivity index (χ1n) is 8.74. The third kappa shape index (κ3) is 3.38. The molecule has 1 aliphatic heterocycles. The summed E-state index contributed by atoms with van der Waals surface area (Å²) in [4.78, 5) is 26.1. The highest BCUT2D eigenvalue weighted by Crippen LogP contribution is 2.36. The molecule has 0 radical (unpaired) electrons. The van der Waals surface area contributed by atoms with Crippen molar-refractivity contribution in [3.63, 3.8) is 0 Å². The molecule has 1 heterocycles. The normalized spacial score (nSPS) is 20.6. The Morgan fingerprint density at radius 1 is 1.11 bits per heavy atom. The highest BCUT2D eigenvalue weighted by Gasteiger charge is 2.58. The molecule has 7 nitrogen and oxygen atoms in total. The molecule has 8 heteroatoms. The Morgan fingerprint density at radius 3 is 2.18 bits per heavy atom. The molecule has 28 heavy (non-hydrogen) atoms. The van der Waals surface area contributed by atoms with Gasteiger partial charge in [-0.1, -0.05) is 12.1 Å². The molecule has 0 aromatic heterocycles. The van der Waals surface area contributed by atoms with Crippen LogP contribution in [0.1, 0.15) is 26.3 Å². The number of ether oxygens (including phenoxy) is 1. The van der Waals surface area contributed by atoms with Crippen molar-refractivity contribution in [3.8, 4) is 11.5 Å². The second-order valence-electron chi connectivity index (χ2n) is 7.34. The van der Waals surface area contributed by atoms with Gasteiger partial charge in [0.25, 0.3) is 5.91 Å². The third-order valence-electron chi connectivity index (χ3n) is 5.37. The molecule has 1 fully saturated rings. The lowest BCUT2D eigenvalue weighted by Crippen LogP contribution is -2.63. The molecule has 0 unspecified atom stereocenters. The highest BCUT2D eigenvalue weighted by atomic mass is 19.1. The Morgan fingerprint density at radius 2 is 1.64 bits per heavy atom. The van der Waals surface area contributed by atoms with E-state index >= 15 is 0 Å². The number of hydrogen-bond donors (Lipinski definition) is 3. The fourth-order valence-corrected chi connectivity index (χ4v) is 3.16. The van der Waals surface area contributed by atoms with Crippen LogP contribution in [-0.2, 0) is 11.3 Å². The summed E-state index contributed by atoms with van der Waals surface area (Å²) < 4.78 is 18.6. The third-order valence-corrected chi connectivity index (χ3v) is 5.37. The van der Waals surface area contributed by atoms with Gasteiger partial charge in [0.2, 0.25) is 0 Å². The number of hydroxylamine groups is 1. The number of urea groups is 1. The molecule has 2 aromatic rings. The van der Waals surface area contributed by atoms with E-state index in [1.54, 1.807) is 38.4 Å². The molecule has 1 atom stereocenters. The van der Waals surface area contributed by atoms with Crippen molar-refractivity contribution in [2.24, 2.45) is 0 Å². The van der Waals surface area contributed by atoms with Crippen LogP contribution in [0.5, 0.6) is 11.5 Å². The van der Waals surface area contributed by atoms with Crippen LogP contribution >= 0.6 is 0 Å². The molecule has 3 rings (SSSR count).